The molecule has 6 nitrogen and oxygen atoms in total. The summed E-state index contributed by atoms with van der Waals surface area (Å²) in [5, 5.41) is 0. The lowest BCUT2D eigenvalue weighted by Gasteiger charge is -2.18. The van der Waals surface area contributed by atoms with Gasteiger partial charge in [0.25, 0.3) is 0 Å². The van der Waals surface area contributed by atoms with Crippen LogP contribution >= 0.6 is 0 Å². The maximum atomic E-state index is 12.9. The van der Waals surface area contributed by atoms with Gasteiger partial charge in [0.2, 0.25) is 0 Å². The second-order valence-corrected chi connectivity index (χ2v) is 23.0. The Bertz CT molecular complexity index is 1700. The molecule has 0 aromatic carbocycles. The minimum Gasteiger partial charge on any atom is -0.462 e. The fourth-order valence-corrected chi connectivity index (χ4v) is 9.79. The zero-order valence-electron chi connectivity index (χ0n) is 54.4. The quantitative estimate of drug-likeness (QED) is 0.0261. The number of esters is 3. The standard InChI is InChI=1S/C77H130O6/c1-4-7-10-13-16-19-22-25-28-31-33-35-36-37-38-39-40-42-43-46-49-52-55-58-61-64-67-70-76(79)82-73-74(72-81-75(78)69-66-63-60-57-54-51-48-45-30-27-24-21-18-15-12-9-6-3)83-77(80)71-68-65-62-59-56-53-50-47-44-41-34-32-29-26-23-20-17-14-11-8-5-2/h8-9,11-12,17-18,20-21,26-27,29-30,34,41,47-48,50-51,56,59,74H,4-7,10,13-16,19,22-25,28,31-33,35-40,42-46,49,52-55,57-58,60-73H2,1-3H3/b11-8-,12-9-,20-17-,21-18-,29-26-,30-27-,41-34-,50-47-,51-48-,59-56-. The summed E-state index contributed by atoms with van der Waals surface area (Å²) >= 11 is 0. The smallest absolute Gasteiger partial charge is 0.306 e. The molecular formula is C77H130O6. The molecule has 0 bridgehead atoms. The first-order valence-electron chi connectivity index (χ1n) is 35.0. The summed E-state index contributed by atoms with van der Waals surface area (Å²) in [6.07, 6.45) is 98.0. The summed E-state index contributed by atoms with van der Waals surface area (Å²) < 4.78 is 16.9. The number of hydrogen-bond acceptors (Lipinski definition) is 6. The molecule has 1 atom stereocenters. The molecule has 0 saturated heterocycles. The molecule has 0 saturated carbocycles. The molecule has 0 aromatic heterocycles. The predicted octanol–water partition coefficient (Wildman–Crippen LogP) is 24.3. The van der Waals surface area contributed by atoms with E-state index >= 15 is 0 Å². The number of unbranched alkanes of at least 4 members (excludes halogenated alkanes) is 32. The van der Waals surface area contributed by atoms with Crippen molar-refractivity contribution in [1.82, 2.24) is 0 Å². The number of carbonyl (C=O) groups is 3. The fraction of sp³-hybridized carbons (Fsp3) is 0.701. The number of ether oxygens (including phenoxy) is 3. The van der Waals surface area contributed by atoms with Crippen molar-refractivity contribution in [2.45, 2.75) is 335 Å². The van der Waals surface area contributed by atoms with Gasteiger partial charge in [-0.25, -0.2) is 0 Å². The zero-order chi connectivity index (χ0) is 59.9. The average molecular weight is 1150 g/mol. The molecule has 0 rings (SSSR count). The maximum absolute atomic E-state index is 12.9. The first-order valence-corrected chi connectivity index (χ1v) is 35.0. The van der Waals surface area contributed by atoms with Crippen molar-refractivity contribution in [3.8, 4) is 0 Å². The third-order valence-electron chi connectivity index (χ3n) is 15.0. The molecule has 0 aliphatic heterocycles. The van der Waals surface area contributed by atoms with Crippen molar-refractivity contribution >= 4 is 17.9 Å². The summed E-state index contributed by atoms with van der Waals surface area (Å²) in [4.78, 5) is 38.4. The minimum atomic E-state index is -0.816. The Morgan fingerprint density at radius 2 is 0.470 bits per heavy atom. The third kappa shape index (κ3) is 68.5. The second kappa shape index (κ2) is 70.3. The molecule has 0 N–H and O–H groups in total. The predicted molar refractivity (Wildman–Crippen MR) is 362 cm³/mol. The van der Waals surface area contributed by atoms with E-state index in [0.29, 0.717) is 19.3 Å². The van der Waals surface area contributed by atoms with Crippen LogP contribution in [-0.4, -0.2) is 37.2 Å². The fourth-order valence-electron chi connectivity index (χ4n) is 9.79. The average Bonchev–Trinajstić information content (AvgIpc) is 3.50. The lowest BCUT2D eigenvalue weighted by atomic mass is 10.0. The summed E-state index contributed by atoms with van der Waals surface area (Å²) in [5.41, 5.74) is 0. The SMILES string of the molecule is CC/C=C\C/C=C\C/C=C\C/C=C\C/C=C\C/C=C\CCCCC(=O)OC(COC(=O)CCCCCC/C=C\C/C=C\C/C=C\C/C=C\CC)COC(=O)CCCCCCCCCCCCCCCCCCCCCCCCCCCCC. The van der Waals surface area contributed by atoms with Crippen LogP contribution in [0, 0.1) is 0 Å². The van der Waals surface area contributed by atoms with Crippen molar-refractivity contribution in [3.05, 3.63) is 122 Å². The molecule has 83 heavy (non-hydrogen) atoms. The first kappa shape index (κ1) is 78.8. The van der Waals surface area contributed by atoms with Crippen LogP contribution in [0.1, 0.15) is 329 Å². The molecule has 0 aromatic rings. The Morgan fingerprint density at radius 1 is 0.253 bits per heavy atom. The largest absolute Gasteiger partial charge is 0.462 e. The van der Waals surface area contributed by atoms with Crippen LogP contribution in [-0.2, 0) is 28.6 Å². The van der Waals surface area contributed by atoms with Crippen molar-refractivity contribution in [1.29, 1.82) is 0 Å². The van der Waals surface area contributed by atoms with Crippen molar-refractivity contribution < 1.29 is 28.6 Å². The van der Waals surface area contributed by atoms with Gasteiger partial charge in [0, 0.05) is 19.3 Å². The number of rotatable bonds is 63. The Kier molecular flexibility index (Phi) is 66.7. The van der Waals surface area contributed by atoms with Gasteiger partial charge in [-0.2, -0.15) is 0 Å². The Hall–Kier alpha value is -4.19. The van der Waals surface area contributed by atoms with E-state index in [9.17, 15) is 14.4 Å². The van der Waals surface area contributed by atoms with Crippen LogP contribution in [0.4, 0.5) is 0 Å². The van der Waals surface area contributed by atoms with Crippen LogP contribution in [0.5, 0.6) is 0 Å². The molecule has 6 heteroatoms. The van der Waals surface area contributed by atoms with Crippen molar-refractivity contribution in [2.75, 3.05) is 13.2 Å². The van der Waals surface area contributed by atoms with Gasteiger partial charge in [0.05, 0.1) is 0 Å². The topological polar surface area (TPSA) is 78.9 Å². The van der Waals surface area contributed by atoms with Crippen LogP contribution in [0.15, 0.2) is 122 Å². The number of carbonyl (C=O) groups excluding carboxylic acids is 3. The van der Waals surface area contributed by atoms with E-state index in [1.54, 1.807) is 0 Å². The van der Waals surface area contributed by atoms with Crippen molar-refractivity contribution in [3.63, 3.8) is 0 Å². The highest BCUT2D eigenvalue weighted by molar-refractivity contribution is 5.71. The molecule has 0 radical (unpaired) electrons. The monoisotopic (exact) mass is 1150 g/mol. The Morgan fingerprint density at radius 3 is 0.759 bits per heavy atom. The van der Waals surface area contributed by atoms with Gasteiger partial charge < -0.3 is 14.2 Å². The molecular weight excluding hydrogens is 1020 g/mol. The van der Waals surface area contributed by atoms with Gasteiger partial charge in [-0.1, -0.05) is 322 Å². The van der Waals surface area contributed by atoms with Gasteiger partial charge in [0.1, 0.15) is 13.2 Å². The van der Waals surface area contributed by atoms with Crippen LogP contribution in [0.3, 0.4) is 0 Å². The lowest BCUT2D eigenvalue weighted by molar-refractivity contribution is -0.167. The van der Waals surface area contributed by atoms with Crippen LogP contribution in [0.2, 0.25) is 0 Å². The molecule has 0 amide bonds. The summed E-state index contributed by atoms with van der Waals surface area (Å²) in [6.45, 7) is 6.39. The summed E-state index contributed by atoms with van der Waals surface area (Å²) in [7, 11) is 0. The van der Waals surface area contributed by atoms with Gasteiger partial charge in [0.15, 0.2) is 6.10 Å². The second-order valence-electron chi connectivity index (χ2n) is 23.0. The van der Waals surface area contributed by atoms with E-state index in [1.165, 1.54) is 154 Å². The highest BCUT2D eigenvalue weighted by Crippen LogP contribution is 2.17. The first-order chi connectivity index (χ1) is 41.0. The van der Waals surface area contributed by atoms with Crippen LogP contribution in [0.25, 0.3) is 0 Å². The van der Waals surface area contributed by atoms with Crippen molar-refractivity contribution in [2.24, 2.45) is 0 Å². The highest BCUT2D eigenvalue weighted by atomic mass is 16.6. The van der Waals surface area contributed by atoms with E-state index in [0.717, 1.165) is 128 Å². The Balaban J connectivity index is 4.40. The van der Waals surface area contributed by atoms with E-state index in [4.69, 9.17) is 14.2 Å². The van der Waals surface area contributed by atoms with Gasteiger partial charge >= 0.3 is 17.9 Å². The van der Waals surface area contributed by atoms with Gasteiger partial charge in [-0.05, 0) is 109 Å². The van der Waals surface area contributed by atoms with E-state index in [1.807, 2.05) is 0 Å². The number of hydrogen-bond donors (Lipinski definition) is 0. The zero-order valence-corrected chi connectivity index (χ0v) is 54.4. The highest BCUT2D eigenvalue weighted by Gasteiger charge is 2.19. The van der Waals surface area contributed by atoms with E-state index in [-0.39, 0.29) is 37.5 Å². The van der Waals surface area contributed by atoms with E-state index in [2.05, 4.69) is 142 Å². The maximum Gasteiger partial charge on any atom is 0.306 e. The molecule has 0 fully saturated rings. The Labute approximate surface area is 513 Å². The minimum absolute atomic E-state index is 0.104. The van der Waals surface area contributed by atoms with Crippen LogP contribution < -0.4 is 0 Å². The van der Waals surface area contributed by atoms with E-state index < -0.39 is 6.10 Å². The summed E-state index contributed by atoms with van der Waals surface area (Å²) in [5.74, 6) is -0.962. The molecule has 0 aliphatic rings. The summed E-state index contributed by atoms with van der Waals surface area (Å²) in [6, 6.07) is 0. The van der Waals surface area contributed by atoms with Gasteiger partial charge in [-0.3, -0.25) is 14.4 Å². The lowest BCUT2D eigenvalue weighted by Crippen LogP contribution is -2.30. The molecule has 0 aliphatic carbocycles. The molecule has 0 spiro atoms. The molecule has 474 valence electrons. The normalized spacial score (nSPS) is 12.9. The third-order valence-corrected chi connectivity index (χ3v) is 15.0. The molecule has 1 unspecified atom stereocenters. The molecule has 0 heterocycles. The van der Waals surface area contributed by atoms with Gasteiger partial charge in [-0.15, -0.1) is 0 Å². The number of allylic oxidation sites excluding steroid dienone is 20.